The lowest BCUT2D eigenvalue weighted by Crippen LogP contribution is -2.43. The Hall–Kier alpha value is 0.397. The van der Waals surface area contributed by atoms with Crippen LogP contribution in [0.1, 0.15) is 53.4 Å². The highest BCUT2D eigenvalue weighted by atomic mass is 79.9. The van der Waals surface area contributed by atoms with E-state index in [0.717, 1.165) is 6.42 Å². The number of hydrogen-bond donors (Lipinski definition) is 0. The quantitative estimate of drug-likeness (QED) is 0.421. The van der Waals surface area contributed by atoms with E-state index >= 15 is 0 Å². The van der Waals surface area contributed by atoms with E-state index in [4.69, 9.17) is 4.43 Å². The van der Waals surface area contributed by atoms with Crippen molar-refractivity contribution in [1.82, 2.24) is 0 Å². The molecule has 0 aromatic carbocycles. The van der Waals surface area contributed by atoms with Gasteiger partial charge in [0.25, 0.3) is 0 Å². The fourth-order valence-electron chi connectivity index (χ4n) is 1.43. The molecule has 0 aliphatic carbocycles. The molecule has 0 unspecified atom stereocenters. The van der Waals surface area contributed by atoms with Gasteiger partial charge in [-0.3, -0.25) is 0 Å². The molecule has 0 aromatic heterocycles. The van der Waals surface area contributed by atoms with Crippen molar-refractivity contribution in [1.29, 1.82) is 0 Å². The van der Waals surface area contributed by atoms with Crippen molar-refractivity contribution in [3.63, 3.8) is 0 Å². The molecule has 102 valence electrons. The second kappa shape index (κ2) is 7.75. The van der Waals surface area contributed by atoms with Gasteiger partial charge < -0.3 is 4.43 Å². The third kappa shape index (κ3) is 6.78. The lowest BCUT2D eigenvalue weighted by Gasteiger charge is -2.38. The molecule has 0 fully saturated rings. The molecule has 17 heavy (non-hydrogen) atoms. The normalized spacial score (nSPS) is 15.5. The van der Waals surface area contributed by atoms with Crippen LogP contribution in [0.5, 0.6) is 0 Å². The highest BCUT2D eigenvalue weighted by Gasteiger charge is 2.38. The maximum Gasteiger partial charge on any atom is 0.192 e. The van der Waals surface area contributed by atoms with Gasteiger partial charge in [-0.15, -0.1) is 0 Å². The maximum atomic E-state index is 6.41. The molecule has 0 aliphatic heterocycles. The van der Waals surface area contributed by atoms with Crippen molar-refractivity contribution in [2.45, 2.75) is 77.6 Å². The first-order chi connectivity index (χ1) is 7.74. The number of rotatable bonds is 7. The fourth-order valence-corrected chi connectivity index (χ4v) is 3.07. The Balaban J connectivity index is 4.43. The molecule has 0 N–H and O–H groups in total. The van der Waals surface area contributed by atoms with E-state index in [1.807, 2.05) is 4.99 Å². The predicted octanol–water partition coefficient (Wildman–Crippen LogP) is 5.87. The summed E-state index contributed by atoms with van der Waals surface area (Å²) in [6.07, 6.45) is 7.39. The summed E-state index contributed by atoms with van der Waals surface area (Å²) in [4.78, 5) is 1.94. The summed E-state index contributed by atoms with van der Waals surface area (Å²) < 4.78 is 6.41. The van der Waals surface area contributed by atoms with E-state index < -0.39 is 8.32 Å². The lowest BCUT2D eigenvalue weighted by molar-refractivity contribution is 0.211. The molecule has 1 atom stereocenters. The van der Waals surface area contributed by atoms with Gasteiger partial charge in [-0.05, 0) is 29.5 Å². The summed E-state index contributed by atoms with van der Waals surface area (Å²) >= 11 is 3.37. The van der Waals surface area contributed by atoms with E-state index in [1.54, 1.807) is 0 Å². The van der Waals surface area contributed by atoms with Gasteiger partial charge in [-0.2, -0.15) is 0 Å². The highest BCUT2D eigenvalue weighted by molar-refractivity contribution is 9.11. The summed E-state index contributed by atoms with van der Waals surface area (Å²) in [7, 11) is -1.64. The Morgan fingerprint density at radius 2 is 1.82 bits per heavy atom. The van der Waals surface area contributed by atoms with E-state index in [0.29, 0.717) is 0 Å². The van der Waals surface area contributed by atoms with Crippen molar-refractivity contribution < 1.29 is 4.43 Å². The van der Waals surface area contributed by atoms with E-state index in [-0.39, 0.29) is 11.1 Å². The van der Waals surface area contributed by atoms with Crippen LogP contribution in [0.15, 0.2) is 11.1 Å². The average Bonchev–Trinajstić information content (AvgIpc) is 2.16. The predicted molar refractivity (Wildman–Crippen MR) is 84.3 cm³/mol. The van der Waals surface area contributed by atoms with Gasteiger partial charge in [0, 0.05) is 0 Å². The van der Waals surface area contributed by atoms with E-state index in [1.165, 1.54) is 19.3 Å². The average molecular weight is 321 g/mol. The van der Waals surface area contributed by atoms with E-state index in [2.05, 4.69) is 62.8 Å². The number of hydrogen-bond acceptors (Lipinski definition) is 1. The summed E-state index contributed by atoms with van der Waals surface area (Å²) in [5, 5.41) is 0.288. The number of unbranched alkanes of at least 4 members (excludes halogenated alkanes) is 2. The summed E-state index contributed by atoms with van der Waals surface area (Å²) in [5.74, 6) is 0. The van der Waals surface area contributed by atoms with Crippen LogP contribution in [0.3, 0.4) is 0 Å². The van der Waals surface area contributed by atoms with Crippen LogP contribution in [0.25, 0.3) is 0 Å². The Kier molecular flexibility index (Phi) is 7.93. The van der Waals surface area contributed by atoms with Gasteiger partial charge in [0.1, 0.15) is 0 Å². The maximum absolute atomic E-state index is 6.41. The second-order valence-electron chi connectivity index (χ2n) is 6.23. The van der Waals surface area contributed by atoms with Crippen LogP contribution in [-0.4, -0.2) is 14.4 Å². The molecule has 3 heteroatoms. The van der Waals surface area contributed by atoms with Crippen LogP contribution in [0, 0.1) is 0 Å². The molecule has 0 bridgehead atoms. The molecule has 0 radical (unpaired) electrons. The first-order valence-electron chi connectivity index (χ1n) is 6.69. The van der Waals surface area contributed by atoms with E-state index in [9.17, 15) is 0 Å². The zero-order chi connectivity index (χ0) is 13.5. The van der Waals surface area contributed by atoms with Crippen LogP contribution in [-0.2, 0) is 4.43 Å². The summed E-state index contributed by atoms with van der Waals surface area (Å²) in [5.41, 5.74) is 0. The minimum atomic E-state index is -1.64. The van der Waals surface area contributed by atoms with Crippen molar-refractivity contribution >= 4 is 24.2 Å². The summed E-state index contributed by atoms with van der Waals surface area (Å²) in [6.45, 7) is 13.8. The number of halogens is 1. The third-order valence-electron chi connectivity index (χ3n) is 3.63. The molecular weight excluding hydrogens is 292 g/mol. The van der Waals surface area contributed by atoms with Crippen LogP contribution in [0.2, 0.25) is 18.1 Å². The Morgan fingerprint density at radius 1 is 1.24 bits per heavy atom. The lowest BCUT2D eigenvalue weighted by atomic mass is 10.1. The van der Waals surface area contributed by atoms with Gasteiger partial charge in [0.15, 0.2) is 8.32 Å². The van der Waals surface area contributed by atoms with Gasteiger partial charge in [0.2, 0.25) is 0 Å². The van der Waals surface area contributed by atoms with Crippen LogP contribution < -0.4 is 0 Å². The van der Waals surface area contributed by atoms with Gasteiger partial charge in [-0.1, -0.05) is 69.0 Å². The van der Waals surface area contributed by atoms with Gasteiger partial charge in [-0.25, -0.2) is 0 Å². The first-order valence-corrected chi connectivity index (χ1v) is 10.5. The minimum Gasteiger partial charge on any atom is -0.411 e. The molecule has 0 heterocycles. The van der Waals surface area contributed by atoms with Crippen molar-refractivity contribution in [2.24, 2.45) is 0 Å². The molecule has 1 nitrogen and oxygen atoms in total. The molecule has 0 aliphatic rings. The van der Waals surface area contributed by atoms with Gasteiger partial charge in [0.05, 0.1) is 6.10 Å². The van der Waals surface area contributed by atoms with Crippen molar-refractivity contribution in [2.75, 3.05) is 0 Å². The molecule has 0 saturated carbocycles. The molecule has 0 aromatic rings. The van der Waals surface area contributed by atoms with Gasteiger partial charge >= 0.3 is 0 Å². The Labute approximate surface area is 117 Å². The Morgan fingerprint density at radius 3 is 2.24 bits per heavy atom. The molecular formula is C14H29BrOSi. The van der Waals surface area contributed by atoms with Crippen molar-refractivity contribution in [3.05, 3.63) is 11.1 Å². The topological polar surface area (TPSA) is 9.23 Å². The minimum absolute atomic E-state index is 0.279. The zero-order valence-electron chi connectivity index (χ0n) is 12.3. The fraction of sp³-hybridized carbons (Fsp3) is 0.857. The zero-order valence-corrected chi connectivity index (χ0v) is 14.9. The SMILES string of the molecule is CCCCC[C@H](/C=C/Br)O[Si](C)(C)C(C)(C)C. The molecule has 0 amide bonds. The van der Waals surface area contributed by atoms with Crippen LogP contribution >= 0.6 is 15.9 Å². The van der Waals surface area contributed by atoms with Crippen LogP contribution in [0.4, 0.5) is 0 Å². The van der Waals surface area contributed by atoms with Crippen molar-refractivity contribution in [3.8, 4) is 0 Å². The third-order valence-corrected chi connectivity index (χ3v) is 8.44. The first kappa shape index (κ1) is 17.4. The highest BCUT2D eigenvalue weighted by Crippen LogP contribution is 2.37. The smallest absolute Gasteiger partial charge is 0.192 e. The monoisotopic (exact) mass is 320 g/mol. The largest absolute Gasteiger partial charge is 0.411 e. The Bertz CT molecular complexity index is 231. The summed E-state index contributed by atoms with van der Waals surface area (Å²) in [6, 6.07) is 0. The molecule has 0 rings (SSSR count). The molecule has 0 saturated heterocycles. The standard InChI is InChI=1S/C14H29BrOSi/c1-7-8-9-10-13(11-12-15)16-17(5,6)14(2,3)4/h11-13H,7-10H2,1-6H3/b12-11+/t13-/m1/s1. The second-order valence-corrected chi connectivity index (χ2v) is 11.5. The molecule has 0 spiro atoms.